The Balaban J connectivity index is 2.72. The second kappa shape index (κ2) is 4.83. The Bertz CT molecular complexity index is 720. The van der Waals surface area contributed by atoms with E-state index in [9.17, 15) is 17.8 Å². The number of carboxylic acid groups (broad SMARTS) is 1. The summed E-state index contributed by atoms with van der Waals surface area (Å²) in [6.45, 7) is 0. The first-order valence-electron chi connectivity index (χ1n) is 5.30. The van der Waals surface area contributed by atoms with Crippen LogP contribution in [-0.4, -0.2) is 24.0 Å². The van der Waals surface area contributed by atoms with Gasteiger partial charge in [0.15, 0.2) is 0 Å². The van der Waals surface area contributed by atoms with Gasteiger partial charge >= 0.3 is 5.97 Å². The third-order valence-corrected chi connectivity index (χ3v) is 3.48. The summed E-state index contributed by atoms with van der Waals surface area (Å²) in [6.07, 6.45) is 0. The van der Waals surface area contributed by atoms with Gasteiger partial charge in [0.25, 0.3) is 10.1 Å². The Morgan fingerprint density at radius 3 is 2.16 bits per heavy atom. The van der Waals surface area contributed by atoms with Crippen molar-refractivity contribution >= 4 is 16.1 Å². The first-order chi connectivity index (χ1) is 8.89. The van der Waals surface area contributed by atoms with Crippen molar-refractivity contribution in [3.63, 3.8) is 0 Å². The SMILES string of the molecule is O=C(O)c1ccc(-c2ccccc2)c(S(=O)(=O)O)c1. The molecule has 2 aromatic rings. The predicted octanol–water partition coefficient (Wildman–Crippen LogP) is 2.30. The molecule has 2 N–H and O–H groups in total. The number of carboxylic acids is 1. The van der Waals surface area contributed by atoms with Crippen LogP contribution < -0.4 is 0 Å². The smallest absolute Gasteiger partial charge is 0.335 e. The lowest BCUT2D eigenvalue weighted by atomic mass is 10.0. The van der Waals surface area contributed by atoms with Gasteiger partial charge in [0, 0.05) is 5.56 Å². The number of hydrogen-bond donors (Lipinski definition) is 2. The van der Waals surface area contributed by atoms with Crippen molar-refractivity contribution in [2.45, 2.75) is 4.90 Å². The van der Waals surface area contributed by atoms with Crippen LogP contribution in [0.4, 0.5) is 0 Å². The van der Waals surface area contributed by atoms with Gasteiger partial charge in [-0.05, 0) is 17.7 Å². The average Bonchev–Trinajstić information content (AvgIpc) is 2.38. The van der Waals surface area contributed by atoms with E-state index in [2.05, 4.69) is 0 Å². The van der Waals surface area contributed by atoms with Crippen LogP contribution in [0.3, 0.4) is 0 Å². The molecule has 0 aliphatic rings. The van der Waals surface area contributed by atoms with Crippen LogP contribution in [0.25, 0.3) is 11.1 Å². The first kappa shape index (κ1) is 13.3. The van der Waals surface area contributed by atoms with E-state index in [1.54, 1.807) is 30.3 Å². The normalized spacial score (nSPS) is 11.2. The van der Waals surface area contributed by atoms with Crippen molar-refractivity contribution in [3.8, 4) is 11.1 Å². The molecule has 2 rings (SSSR count). The van der Waals surface area contributed by atoms with Gasteiger partial charge in [-0.3, -0.25) is 4.55 Å². The highest BCUT2D eigenvalue weighted by Gasteiger charge is 2.19. The molecule has 0 saturated heterocycles. The van der Waals surface area contributed by atoms with Gasteiger partial charge in [-0.2, -0.15) is 8.42 Å². The second-order valence-electron chi connectivity index (χ2n) is 3.86. The molecule has 0 amide bonds. The number of hydrogen-bond acceptors (Lipinski definition) is 3. The van der Waals surface area contributed by atoms with Crippen molar-refractivity contribution in [1.29, 1.82) is 0 Å². The zero-order chi connectivity index (χ0) is 14.0. The molecule has 19 heavy (non-hydrogen) atoms. The van der Waals surface area contributed by atoms with E-state index in [0.29, 0.717) is 5.56 Å². The Hall–Kier alpha value is -2.18. The average molecular weight is 278 g/mol. The molecule has 0 spiro atoms. The third-order valence-electron chi connectivity index (χ3n) is 2.59. The van der Waals surface area contributed by atoms with Crippen LogP contribution in [0.1, 0.15) is 10.4 Å². The topological polar surface area (TPSA) is 91.7 Å². The van der Waals surface area contributed by atoms with Gasteiger partial charge in [0.1, 0.15) is 4.90 Å². The molecule has 0 bridgehead atoms. The Kier molecular flexibility index (Phi) is 3.37. The van der Waals surface area contributed by atoms with Crippen LogP contribution >= 0.6 is 0 Å². The summed E-state index contributed by atoms with van der Waals surface area (Å²) in [6, 6.07) is 12.1. The summed E-state index contributed by atoms with van der Waals surface area (Å²) in [5, 5.41) is 8.86. The van der Waals surface area contributed by atoms with Gasteiger partial charge in [0.2, 0.25) is 0 Å². The summed E-state index contributed by atoms with van der Waals surface area (Å²) < 4.78 is 31.9. The lowest BCUT2D eigenvalue weighted by Crippen LogP contribution is -2.04. The number of benzene rings is 2. The predicted molar refractivity (Wildman–Crippen MR) is 68.7 cm³/mol. The molecule has 0 radical (unpaired) electrons. The van der Waals surface area contributed by atoms with Crippen LogP contribution in [0.5, 0.6) is 0 Å². The van der Waals surface area contributed by atoms with E-state index in [1.165, 1.54) is 12.1 Å². The Morgan fingerprint density at radius 1 is 1.00 bits per heavy atom. The van der Waals surface area contributed by atoms with Crippen molar-refractivity contribution in [2.75, 3.05) is 0 Å². The molecule has 0 aromatic heterocycles. The van der Waals surface area contributed by atoms with E-state index in [4.69, 9.17) is 5.11 Å². The fraction of sp³-hybridized carbons (Fsp3) is 0. The van der Waals surface area contributed by atoms with Gasteiger partial charge < -0.3 is 5.11 Å². The minimum atomic E-state index is -4.50. The van der Waals surface area contributed by atoms with Crippen LogP contribution in [0.2, 0.25) is 0 Å². The van der Waals surface area contributed by atoms with Gasteiger partial charge in [0.05, 0.1) is 5.56 Å². The summed E-state index contributed by atoms with van der Waals surface area (Å²) in [7, 11) is -4.50. The summed E-state index contributed by atoms with van der Waals surface area (Å²) in [4.78, 5) is 10.4. The summed E-state index contributed by atoms with van der Waals surface area (Å²) in [5.41, 5.74) is 0.632. The monoisotopic (exact) mass is 278 g/mol. The molecule has 0 aliphatic heterocycles. The van der Waals surface area contributed by atoms with Crippen LogP contribution in [-0.2, 0) is 10.1 Å². The second-order valence-corrected chi connectivity index (χ2v) is 5.25. The molecule has 0 unspecified atom stereocenters. The maximum atomic E-state index is 11.4. The molecule has 0 saturated carbocycles. The van der Waals surface area contributed by atoms with E-state index in [1.807, 2.05) is 0 Å². The van der Waals surface area contributed by atoms with Gasteiger partial charge in [-0.25, -0.2) is 4.79 Å². The molecule has 0 heterocycles. The quantitative estimate of drug-likeness (QED) is 0.840. The lowest BCUT2D eigenvalue weighted by molar-refractivity contribution is 0.0696. The number of carbonyl (C=O) groups is 1. The molecular formula is C13H10O5S. The lowest BCUT2D eigenvalue weighted by Gasteiger charge is -2.08. The summed E-state index contributed by atoms with van der Waals surface area (Å²) in [5.74, 6) is -1.26. The largest absolute Gasteiger partial charge is 0.478 e. The molecular weight excluding hydrogens is 268 g/mol. The zero-order valence-corrected chi connectivity index (χ0v) is 10.5. The first-order valence-corrected chi connectivity index (χ1v) is 6.74. The number of aromatic carboxylic acids is 1. The summed E-state index contributed by atoms with van der Waals surface area (Å²) >= 11 is 0. The molecule has 0 atom stereocenters. The minimum Gasteiger partial charge on any atom is -0.478 e. The van der Waals surface area contributed by atoms with Crippen LogP contribution in [0, 0.1) is 0 Å². The van der Waals surface area contributed by atoms with E-state index in [-0.39, 0.29) is 11.1 Å². The Labute approximate surface area is 109 Å². The molecule has 0 aliphatic carbocycles. The van der Waals surface area contributed by atoms with Gasteiger partial charge in [-0.1, -0.05) is 36.4 Å². The van der Waals surface area contributed by atoms with Crippen molar-refractivity contribution in [3.05, 3.63) is 54.1 Å². The highest BCUT2D eigenvalue weighted by molar-refractivity contribution is 7.86. The highest BCUT2D eigenvalue weighted by atomic mass is 32.2. The molecule has 2 aromatic carbocycles. The van der Waals surface area contributed by atoms with Crippen molar-refractivity contribution < 1.29 is 22.9 Å². The van der Waals surface area contributed by atoms with E-state index >= 15 is 0 Å². The van der Waals surface area contributed by atoms with Crippen molar-refractivity contribution in [1.82, 2.24) is 0 Å². The molecule has 0 fully saturated rings. The molecule has 5 nitrogen and oxygen atoms in total. The third kappa shape index (κ3) is 2.81. The van der Waals surface area contributed by atoms with Crippen molar-refractivity contribution in [2.24, 2.45) is 0 Å². The highest BCUT2D eigenvalue weighted by Crippen LogP contribution is 2.28. The van der Waals surface area contributed by atoms with E-state index in [0.717, 1.165) is 6.07 Å². The number of rotatable bonds is 3. The fourth-order valence-corrected chi connectivity index (χ4v) is 2.46. The molecule has 6 heteroatoms. The zero-order valence-electron chi connectivity index (χ0n) is 9.65. The molecule has 98 valence electrons. The maximum Gasteiger partial charge on any atom is 0.335 e. The standard InChI is InChI=1S/C13H10O5S/c14-13(15)10-6-7-11(9-4-2-1-3-5-9)12(8-10)19(16,17)18/h1-8H,(H,14,15)(H,16,17,18). The van der Waals surface area contributed by atoms with E-state index < -0.39 is 21.0 Å². The minimum absolute atomic E-state index is 0.202. The Morgan fingerprint density at radius 2 is 1.63 bits per heavy atom. The van der Waals surface area contributed by atoms with Crippen LogP contribution in [0.15, 0.2) is 53.4 Å². The fourth-order valence-electron chi connectivity index (χ4n) is 1.72. The maximum absolute atomic E-state index is 11.4. The van der Waals surface area contributed by atoms with Gasteiger partial charge in [-0.15, -0.1) is 0 Å².